The van der Waals surface area contributed by atoms with E-state index in [2.05, 4.69) is 4.98 Å². The summed E-state index contributed by atoms with van der Waals surface area (Å²) in [6.07, 6.45) is 0. The Balaban J connectivity index is 2.33. The predicted octanol–water partition coefficient (Wildman–Crippen LogP) is 3.47. The number of halogens is 1. The first-order valence-corrected chi connectivity index (χ1v) is 8.58. The van der Waals surface area contributed by atoms with Crippen molar-refractivity contribution in [1.29, 1.82) is 5.41 Å². The zero-order chi connectivity index (χ0) is 17.3. The summed E-state index contributed by atoms with van der Waals surface area (Å²) >= 11 is 7.35. The zero-order valence-electron chi connectivity index (χ0n) is 12.9. The third kappa shape index (κ3) is 3.02. The summed E-state index contributed by atoms with van der Waals surface area (Å²) in [5.41, 5.74) is 7.39. The van der Waals surface area contributed by atoms with E-state index in [0.29, 0.717) is 33.2 Å². The average molecular weight is 359 g/mol. The third-order valence-electron chi connectivity index (χ3n) is 3.68. The Morgan fingerprint density at radius 3 is 2.79 bits per heavy atom. The molecule has 1 aromatic heterocycles. The fraction of sp³-hybridized carbons (Fsp3) is 0.118. The van der Waals surface area contributed by atoms with E-state index in [9.17, 15) is 4.79 Å². The number of para-hydroxylation sites is 1. The van der Waals surface area contributed by atoms with E-state index in [0.717, 1.165) is 17.3 Å². The number of hydrogen-bond donors (Lipinski definition) is 2. The van der Waals surface area contributed by atoms with Crippen LogP contribution >= 0.6 is 23.4 Å². The van der Waals surface area contributed by atoms with Gasteiger partial charge in [-0.3, -0.25) is 14.8 Å². The number of rotatable bonds is 3. The van der Waals surface area contributed by atoms with Crippen LogP contribution in [0.5, 0.6) is 0 Å². The molecule has 3 N–H and O–H groups in total. The fourth-order valence-corrected chi connectivity index (χ4v) is 3.15. The lowest BCUT2D eigenvalue weighted by molar-refractivity contribution is 0.878. The predicted molar refractivity (Wildman–Crippen MR) is 100 cm³/mol. The van der Waals surface area contributed by atoms with Gasteiger partial charge in [-0.25, -0.2) is 4.98 Å². The van der Waals surface area contributed by atoms with Crippen molar-refractivity contribution < 1.29 is 0 Å². The minimum absolute atomic E-state index is 0.0215. The highest BCUT2D eigenvalue weighted by Gasteiger charge is 2.15. The van der Waals surface area contributed by atoms with E-state index < -0.39 is 0 Å². The summed E-state index contributed by atoms with van der Waals surface area (Å²) in [7, 11) is 0. The summed E-state index contributed by atoms with van der Waals surface area (Å²) in [4.78, 5) is 17.6. The number of amidine groups is 1. The van der Waals surface area contributed by atoms with Crippen molar-refractivity contribution in [3.8, 4) is 5.69 Å². The Kier molecular flexibility index (Phi) is 4.59. The number of nitrogens with zero attached hydrogens (tertiary/aromatic N) is 2. The molecule has 1 heterocycles. The van der Waals surface area contributed by atoms with Gasteiger partial charge in [0.05, 0.1) is 22.3 Å². The standard InChI is InChI=1S/C17H15ClN4OS/c1-10-12(18)6-4-8-14(10)22-15(9-24-17(19)20)21-13-7-3-2-5-11(13)16(22)23/h2-8H,9H2,1H3,(H3,19,20). The summed E-state index contributed by atoms with van der Waals surface area (Å²) in [5.74, 6) is 0.853. The van der Waals surface area contributed by atoms with Gasteiger partial charge in [0.25, 0.3) is 5.56 Å². The molecule has 0 aliphatic rings. The number of aromatic nitrogens is 2. The first-order valence-electron chi connectivity index (χ1n) is 7.22. The molecule has 3 rings (SSSR count). The molecule has 0 unspecified atom stereocenters. The Labute approximate surface area is 148 Å². The third-order valence-corrected chi connectivity index (χ3v) is 4.80. The van der Waals surface area contributed by atoms with E-state index >= 15 is 0 Å². The van der Waals surface area contributed by atoms with Gasteiger partial charge in [0.2, 0.25) is 0 Å². The van der Waals surface area contributed by atoms with Gasteiger partial charge in [-0.05, 0) is 36.8 Å². The molecule has 2 aromatic carbocycles. The molecule has 0 saturated heterocycles. The number of fused-ring (bicyclic) bond motifs is 1. The van der Waals surface area contributed by atoms with Gasteiger partial charge in [0, 0.05) is 5.02 Å². The monoisotopic (exact) mass is 358 g/mol. The molecular formula is C17H15ClN4OS. The maximum Gasteiger partial charge on any atom is 0.266 e. The van der Waals surface area contributed by atoms with Gasteiger partial charge >= 0.3 is 0 Å². The van der Waals surface area contributed by atoms with Gasteiger partial charge in [-0.2, -0.15) is 0 Å². The van der Waals surface area contributed by atoms with Crippen molar-refractivity contribution in [3.05, 3.63) is 69.2 Å². The summed E-state index contributed by atoms with van der Waals surface area (Å²) < 4.78 is 1.56. The summed E-state index contributed by atoms with van der Waals surface area (Å²) in [6.45, 7) is 1.86. The van der Waals surface area contributed by atoms with Crippen LogP contribution in [0.2, 0.25) is 5.02 Å². The molecule has 0 aliphatic heterocycles. The zero-order valence-corrected chi connectivity index (χ0v) is 14.5. The highest BCUT2D eigenvalue weighted by Crippen LogP contribution is 2.24. The van der Waals surface area contributed by atoms with Crippen LogP contribution in [0.3, 0.4) is 0 Å². The molecule has 122 valence electrons. The topological polar surface area (TPSA) is 84.8 Å². The second-order valence-corrected chi connectivity index (χ2v) is 6.65. The van der Waals surface area contributed by atoms with Crippen LogP contribution in [-0.2, 0) is 5.75 Å². The van der Waals surface area contributed by atoms with Crippen molar-refractivity contribution in [2.24, 2.45) is 5.73 Å². The molecule has 0 bridgehead atoms. The van der Waals surface area contributed by atoms with Crippen LogP contribution in [0.25, 0.3) is 16.6 Å². The number of benzene rings is 2. The highest BCUT2D eigenvalue weighted by atomic mass is 35.5. The van der Waals surface area contributed by atoms with Crippen molar-refractivity contribution in [3.63, 3.8) is 0 Å². The van der Waals surface area contributed by atoms with Gasteiger partial charge < -0.3 is 5.73 Å². The lowest BCUT2D eigenvalue weighted by Crippen LogP contribution is -2.24. The summed E-state index contributed by atoms with van der Waals surface area (Å²) in [5, 5.41) is 8.51. The van der Waals surface area contributed by atoms with Crippen molar-refractivity contribution >= 4 is 39.4 Å². The van der Waals surface area contributed by atoms with Crippen molar-refractivity contribution in [1.82, 2.24) is 9.55 Å². The quantitative estimate of drug-likeness (QED) is 0.554. The number of hydrogen-bond acceptors (Lipinski definition) is 4. The van der Waals surface area contributed by atoms with Gasteiger partial charge in [-0.1, -0.05) is 41.6 Å². The van der Waals surface area contributed by atoms with Crippen LogP contribution in [0.15, 0.2) is 47.3 Å². The Morgan fingerprint density at radius 1 is 1.29 bits per heavy atom. The first kappa shape index (κ1) is 16.5. The molecule has 5 nitrogen and oxygen atoms in total. The van der Waals surface area contributed by atoms with Gasteiger partial charge in [0.1, 0.15) is 5.82 Å². The van der Waals surface area contributed by atoms with Crippen molar-refractivity contribution in [2.45, 2.75) is 12.7 Å². The number of nitrogens with one attached hydrogen (secondary N) is 1. The van der Waals surface area contributed by atoms with Crippen LogP contribution in [0.1, 0.15) is 11.4 Å². The molecule has 0 aliphatic carbocycles. The van der Waals surface area contributed by atoms with Gasteiger partial charge in [0.15, 0.2) is 5.17 Å². The molecule has 0 radical (unpaired) electrons. The molecular weight excluding hydrogens is 344 g/mol. The average Bonchev–Trinajstić information content (AvgIpc) is 2.56. The van der Waals surface area contributed by atoms with Crippen LogP contribution in [-0.4, -0.2) is 14.7 Å². The Morgan fingerprint density at radius 2 is 2.04 bits per heavy atom. The Hall–Kier alpha value is -2.31. The van der Waals surface area contributed by atoms with E-state index in [4.69, 9.17) is 22.7 Å². The fourth-order valence-electron chi connectivity index (χ4n) is 2.50. The molecule has 24 heavy (non-hydrogen) atoms. The molecule has 0 saturated carbocycles. The molecule has 0 amide bonds. The van der Waals surface area contributed by atoms with E-state index in [1.54, 1.807) is 28.8 Å². The SMILES string of the molecule is Cc1c(Cl)cccc1-n1c(CSC(=N)N)nc2ccccc2c1=O. The van der Waals surface area contributed by atoms with E-state index in [1.165, 1.54) is 0 Å². The minimum atomic E-state index is -0.162. The maximum atomic E-state index is 13.0. The summed E-state index contributed by atoms with van der Waals surface area (Å²) in [6, 6.07) is 12.6. The lowest BCUT2D eigenvalue weighted by Gasteiger charge is -2.16. The van der Waals surface area contributed by atoms with E-state index in [-0.39, 0.29) is 10.7 Å². The van der Waals surface area contributed by atoms with Gasteiger partial charge in [-0.15, -0.1) is 0 Å². The molecule has 0 spiro atoms. The molecule has 0 atom stereocenters. The van der Waals surface area contributed by atoms with Crippen molar-refractivity contribution in [2.75, 3.05) is 0 Å². The molecule has 7 heteroatoms. The van der Waals surface area contributed by atoms with Crippen LogP contribution < -0.4 is 11.3 Å². The lowest BCUT2D eigenvalue weighted by atomic mass is 10.2. The van der Waals surface area contributed by atoms with E-state index in [1.807, 2.05) is 25.1 Å². The maximum absolute atomic E-state index is 13.0. The first-order chi connectivity index (χ1) is 11.5. The van der Waals surface area contributed by atoms with Crippen LogP contribution in [0.4, 0.5) is 0 Å². The number of nitrogens with two attached hydrogens (primary N) is 1. The Bertz CT molecular complexity index is 1000. The smallest absolute Gasteiger partial charge is 0.266 e. The highest BCUT2D eigenvalue weighted by molar-refractivity contribution is 8.13. The van der Waals surface area contributed by atoms with Crippen LogP contribution in [0, 0.1) is 12.3 Å². The second-order valence-electron chi connectivity index (χ2n) is 5.22. The normalized spacial score (nSPS) is 10.9. The molecule has 3 aromatic rings. The minimum Gasteiger partial charge on any atom is -0.379 e. The second kappa shape index (κ2) is 6.67. The number of thioether (sulfide) groups is 1. The largest absolute Gasteiger partial charge is 0.379 e. The molecule has 0 fully saturated rings.